The van der Waals surface area contributed by atoms with Gasteiger partial charge >= 0.3 is 6.16 Å². The topological polar surface area (TPSA) is 59.3 Å². The summed E-state index contributed by atoms with van der Waals surface area (Å²) < 4.78 is 9.33. The molecular weight excluding hydrogens is 182 g/mol. The third-order valence-electron chi connectivity index (χ3n) is 1.71. The molecule has 0 aliphatic heterocycles. The van der Waals surface area contributed by atoms with Gasteiger partial charge in [0, 0.05) is 0 Å². The Balaban J connectivity index is 3.68. The van der Waals surface area contributed by atoms with Crippen molar-refractivity contribution >= 4 is 6.16 Å². The number of unbranched alkanes of at least 4 members (excludes halogenated alkanes) is 2. The number of carbonyl (C=O) groups is 1. The first-order chi connectivity index (χ1) is 6.74. The van der Waals surface area contributed by atoms with Gasteiger partial charge < -0.3 is 9.47 Å². The van der Waals surface area contributed by atoms with Gasteiger partial charge in [0.05, 0.1) is 6.61 Å². The van der Waals surface area contributed by atoms with Crippen LogP contribution in [-0.4, -0.2) is 18.9 Å². The summed E-state index contributed by atoms with van der Waals surface area (Å²) in [6, 6.07) is 1.93. The number of hydrogen-bond acceptors (Lipinski definition) is 4. The molecule has 0 unspecified atom stereocenters. The van der Waals surface area contributed by atoms with Crippen LogP contribution in [0.15, 0.2) is 0 Å². The zero-order valence-electron chi connectivity index (χ0n) is 8.78. The highest BCUT2D eigenvalue weighted by Crippen LogP contribution is 2.06. The molecule has 0 radical (unpaired) electrons. The molecule has 0 aromatic rings. The summed E-state index contributed by atoms with van der Waals surface area (Å²) in [6.07, 6.45) is 2.19. The van der Waals surface area contributed by atoms with Gasteiger partial charge in [-0.15, -0.1) is 0 Å². The highest BCUT2D eigenvalue weighted by atomic mass is 16.7. The van der Waals surface area contributed by atoms with Gasteiger partial charge in [-0.25, -0.2) is 4.79 Å². The van der Waals surface area contributed by atoms with Crippen LogP contribution in [0.3, 0.4) is 0 Å². The smallest absolute Gasteiger partial charge is 0.435 e. The highest BCUT2D eigenvalue weighted by molar-refractivity contribution is 5.60. The van der Waals surface area contributed by atoms with Crippen molar-refractivity contribution < 1.29 is 14.3 Å². The van der Waals surface area contributed by atoms with E-state index >= 15 is 0 Å². The summed E-state index contributed by atoms with van der Waals surface area (Å²) in [7, 11) is 0. The molecule has 1 atom stereocenters. The van der Waals surface area contributed by atoms with Crippen LogP contribution in [0.4, 0.5) is 4.79 Å². The number of carbonyl (C=O) groups excluding carboxylic acids is 1. The number of ether oxygens (including phenoxy) is 2. The predicted octanol–water partition coefficient (Wildman–Crippen LogP) is 2.63. The molecule has 4 heteroatoms. The van der Waals surface area contributed by atoms with Crippen molar-refractivity contribution in [2.75, 3.05) is 6.61 Å². The molecule has 0 N–H and O–H groups in total. The number of nitriles is 1. The van der Waals surface area contributed by atoms with E-state index in [4.69, 9.17) is 10.00 Å². The Labute approximate surface area is 84.8 Å². The van der Waals surface area contributed by atoms with Crippen LogP contribution in [0, 0.1) is 11.3 Å². The lowest BCUT2D eigenvalue weighted by Gasteiger charge is -2.09. The zero-order chi connectivity index (χ0) is 10.8. The summed E-state index contributed by atoms with van der Waals surface area (Å²) >= 11 is 0. The van der Waals surface area contributed by atoms with Gasteiger partial charge in [-0.05, 0) is 19.8 Å². The second-order valence-corrected chi connectivity index (χ2v) is 2.91. The molecule has 14 heavy (non-hydrogen) atoms. The van der Waals surface area contributed by atoms with Crippen molar-refractivity contribution in [2.24, 2.45) is 0 Å². The van der Waals surface area contributed by atoms with Crippen molar-refractivity contribution in [2.45, 2.75) is 45.6 Å². The minimum atomic E-state index is -0.754. The molecule has 0 bridgehead atoms. The fourth-order valence-electron chi connectivity index (χ4n) is 0.998. The van der Waals surface area contributed by atoms with E-state index in [9.17, 15) is 4.79 Å². The van der Waals surface area contributed by atoms with E-state index in [1.807, 2.05) is 6.07 Å². The molecule has 0 aromatic carbocycles. The highest BCUT2D eigenvalue weighted by Gasteiger charge is 2.13. The van der Waals surface area contributed by atoms with Gasteiger partial charge in [-0.1, -0.05) is 19.8 Å². The monoisotopic (exact) mass is 199 g/mol. The van der Waals surface area contributed by atoms with Gasteiger partial charge in [0.1, 0.15) is 6.07 Å². The van der Waals surface area contributed by atoms with Crippen LogP contribution < -0.4 is 0 Å². The molecule has 4 nitrogen and oxygen atoms in total. The second-order valence-electron chi connectivity index (χ2n) is 2.91. The van der Waals surface area contributed by atoms with E-state index in [1.165, 1.54) is 0 Å². The van der Waals surface area contributed by atoms with E-state index in [-0.39, 0.29) is 6.61 Å². The molecule has 0 fully saturated rings. The molecule has 0 saturated heterocycles. The van der Waals surface area contributed by atoms with Crippen LogP contribution >= 0.6 is 0 Å². The Hall–Kier alpha value is -1.24. The average molecular weight is 199 g/mol. The molecule has 80 valence electrons. The second kappa shape index (κ2) is 8.36. The van der Waals surface area contributed by atoms with E-state index in [2.05, 4.69) is 11.7 Å². The molecule has 0 aromatic heterocycles. The van der Waals surface area contributed by atoms with Gasteiger partial charge in [0.2, 0.25) is 0 Å². The Morgan fingerprint density at radius 2 is 2.14 bits per heavy atom. The van der Waals surface area contributed by atoms with Crippen LogP contribution in [0.25, 0.3) is 0 Å². The number of rotatable bonds is 6. The van der Waals surface area contributed by atoms with E-state index in [0.29, 0.717) is 6.42 Å². The molecule has 0 aliphatic rings. The quantitative estimate of drug-likeness (QED) is 0.487. The van der Waals surface area contributed by atoms with Crippen molar-refractivity contribution in [3.8, 4) is 6.07 Å². The maximum absolute atomic E-state index is 10.8. The molecule has 0 heterocycles. The Bertz CT molecular complexity index is 198. The van der Waals surface area contributed by atoms with Crippen LogP contribution in [0.2, 0.25) is 0 Å². The van der Waals surface area contributed by atoms with Crippen molar-refractivity contribution in [1.82, 2.24) is 0 Å². The van der Waals surface area contributed by atoms with Gasteiger partial charge in [-0.3, -0.25) is 0 Å². The summed E-state index contributed by atoms with van der Waals surface area (Å²) in [4.78, 5) is 10.8. The van der Waals surface area contributed by atoms with Crippen molar-refractivity contribution in [1.29, 1.82) is 5.26 Å². The number of nitrogens with zero attached hydrogens (tertiary/aromatic N) is 1. The maximum atomic E-state index is 10.8. The predicted molar refractivity (Wildman–Crippen MR) is 51.7 cm³/mol. The lowest BCUT2D eigenvalue weighted by molar-refractivity contribution is 0.0397. The lowest BCUT2D eigenvalue weighted by Crippen LogP contribution is -2.17. The SMILES string of the molecule is CCCCC[C@H](C#N)OC(=O)OCC. The van der Waals surface area contributed by atoms with Crippen molar-refractivity contribution in [3.63, 3.8) is 0 Å². The standard InChI is InChI=1S/C10H17NO3/c1-3-5-6-7-9(8-11)14-10(12)13-4-2/h9H,3-7H2,1-2H3/t9-/m1/s1. The normalized spacial score (nSPS) is 11.5. The third kappa shape index (κ3) is 6.30. The van der Waals surface area contributed by atoms with Gasteiger partial charge in [-0.2, -0.15) is 5.26 Å². The minimum absolute atomic E-state index is 0.270. The largest absolute Gasteiger partial charge is 0.509 e. The lowest BCUT2D eigenvalue weighted by atomic mass is 10.1. The molecule has 0 spiro atoms. The average Bonchev–Trinajstić information content (AvgIpc) is 2.17. The van der Waals surface area contributed by atoms with E-state index in [1.54, 1.807) is 6.92 Å². The molecule has 0 aliphatic carbocycles. The van der Waals surface area contributed by atoms with Crippen LogP contribution in [-0.2, 0) is 9.47 Å². The Morgan fingerprint density at radius 3 is 2.64 bits per heavy atom. The first-order valence-electron chi connectivity index (χ1n) is 4.97. The summed E-state index contributed by atoms with van der Waals surface area (Å²) in [5.74, 6) is 0. The molecule has 0 rings (SSSR count). The van der Waals surface area contributed by atoms with Gasteiger partial charge in [0.25, 0.3) is 0 Å². The fraction of sp³-hybridized carbons (Fsp3) is 0.800. The van der Waals surface area contributed by atoms with Crippen molar-refractivity contribution in [3.05, 3.63) is 0 Å². The molecule has 0 amide bonds. The molecule has 0 saturated carbocycles. The minimum Gasteiger partial charge on any atom is -0.435 e. The molecular formula is C10H17NO3. The summed E-state index contributed by atoms with van der Waals surface area (Å²) in [6.45, 7) is 4.04. The van der Waals surface area contributed by atoms with E-state index in [0.717, 1.165) is 19.3 Å². The first-order valence-corrected chi connectivity index (χ1v) is 4.97. The Kier molecular flexibility index (Phi) is 7.62. The summed E-state index contributed by atoms with van der Waals surface area (Å²) in [5.41, 5.74) is 0. The Morgan fingerprint density at radius 1 is 1.43 bits per heavy atom. The van der Waals surface area contributed by atoms with Crippen LogP contribution in [0.5, 0.6) is 0 Å². The summed E-state index contributed by atoms with van der Waals surface area (Å²) in [5, 5.41) is 8.66. The van der Waals surface area contributed by atoms with E-state index < -0.39 is 12.3 Å². The fourth-order valence-corrected chi connectivity index (χ4v) is 0.998. The van der Waals surface area contributed by atoms with Crippen LogP contribution in [0.1, 0.15) is 39.5 Å². The first kappa shape index (κ1) is 12.8. The maximum Gasteiger partial charge on any atom is 0.509 e. The zero-order valence-corrected chi connectivity index (χ0v) is 8.78. The number of hydrogen-bond donors (Lipinski definition) is 0. The third-order valence-corrected chi connectivity index (χ3v) is 1.71. The van der Waals surface area contributed by atoms with Gasteiger partial charge in [0.15, 0.2) is 6.10 Å².